The van der Waals surface area contributed by atoms with Crippen molar-refractivity contribution in [3.8, 4) is 0 Å². The lowest BCUT2D eigenvalue weighted by Crippen LogP contribution is -2.68. The van der Waals surface area contributed by atoms with Crippen molar-refractivity contribution in [2.45, 2.75) is 106 Å². The molecule has 0 aliphatic heterocycles. The van der Waals surface area contributed by atoms with Crippen LogP contribution in [0.3, 0.4) is 0 Å². The van der Waals surface area contributed by atoms with Crippen molar-refractivity contribution in [1.82, 2.24) is 0 Å². The molecule has 0 amide bonds. The first-order chi connectivity index (χ1) is 17.6. The number of allylic oxidation sites excluding steroid dienone is 2. The molecule has 0 aromatic rings. The van der Waals surface area contributed by atoms with Crippen LogP contribution in [0.2, 0.25) is 0 Å². The summed E-state index contributed by atoms with van der Waals surface area (Å²) in [5.74, 6) is -0.524. The fraction of sp³-hybridized carbons (Fsp3) is 0.844. The van der Waals surface area contributed by atoms with E-state index < -0.39 is 28.9 Å². The largest absolute Gasteiger partial charge is 0.481 e. The fourth-order valence-corrected chi connectivity index (χ4v) is 11.1. The van der Waals surface area contributed by atoms with E-state index in [1.54, 1.807) is 6.92 Å². The third-order valence-corrected chi connectivity index (χ3v) is 13.8. The number of carbonyl (C=O) groups is 3. The maximum absolute atomic E-state index is 14.4. The Morgan fingerprint density at radius 1 is 1.00 bits per heavy atom. The first kappa shape index (κ1) is 28.2. The number of carboxylic acid groups (broad SMARTS) is 1. The summed E-state index contributed by atoms with van der Waals surface area (Å²) >= 11 is 5.72. The molecule has 0 bridgehead atoms. The van der Waals surface area contributed by atoms with Crippen molar-refractivity contribution in [2.24, 2.45) is 56.7 Å². The van der Waals surface area contributed by atoms with E-state index in [4.69, 9.17) is 16.3 Å². The third-order valence-electron chi connectivity index (χ3n) is 13.6. The van der Waals surface area contributed by atoms with Gasteiger partial charge in [0.05, 0.1) is 0 Å². The predicted molar refractivity (Wildman–Crippen MR) is 148 cm³/mol. The van der Waals surface area contributed by atoms with Crippen LogP contribution < -0.4 is 0 Å². The van der Waals surface area contributed by atoms with Crippen LogP contribution in [0.5, 0.6) is 0 Å². The van der Waals surface area contributed by atoms with Gasteiger partial charge in [-0.05, 0) is 110 Å². The van der Waals surface area contributed by atoms with Crippen LogP contribution in [-0.4, -0.2) is 34.8 Å². The van der Waals surface area contributed by atoms with Crippen molar-refractivity contribution in [3.63, 3.8) is 0 Å². The molecule has 11 atom stereocenters. The third kappa shape index (κ3) is 3.45. The summed E-state index contributed by atoms with van der Waals surface area (Å²) in [4.78, 5) is 39.5. The minimum absolute atomic E-state index is 0.0867. The number of ketones is 1. The van der Waals surface area contributed by atoms with Gasteiger partial charge in [-0.1, -0.05) is 47.1 Å². The number of carbonyl (C=O) groups excluding carboxylic acids is 2. The molecular weight excluding hydrogens is 500 g/mol. The van der Waals surface area contributed by atoms with Gasteiger partial charge >= 0.3 is 11.9 Å². The van der Waals surface area contributed by atoms with E-state index in [2.05, 4.69) is 41.5 Å². The van der Waals surface area contributed by atoms with E-state index in [1.807, 2.05) is 6.08 Å². The summed E-state index contributed by atoms with van der Waals surface area (Å²) in [6.45, 7) is 15.9. The van der Waals surface area contributed by atoms with Crippen molar-refractivity contribution in [2.75, 3.05) is 5.88 Å². The normalized spacial score (nSPS) is 52.0. The van der Waals surface area contributed by atoms with Crippen molar-refractivity contribution in [3.05, 3.63) is 11.6 Å². The second-order valence-corrected chi connectivity index (χ2v) is 15.3. The van der Waals surface area contributed by atoms with Gasteiger partial charge in [-0.2, -0.15) is 0 Å². The van der Waals surface area contributed by atoms with Gasteiger partial charge in [-0.25, -0.2) is 0 Å². The number of aliphatic carboxylic acids is 1. The molecule has 3 unspecified atom stereocenters. The Labute approximate surface area is 233 Å². The van der Waals surface area contributed by atoms with Crippen LogP contribution in [0.1, 0.15) is 99.8 Å². The van der Waals surface area contributed by atoms with E-state index in [-0.39, 0.29) is 39.7 Å². The maximum Gasteiger partial charge on any atom is 0.321 e. The SMILES string of the molecule is C[C@@H]1CC[C@]2(C)CC[C@]3(C)C(=CC(=O)C4[C@@]5(C)CC[C@@H](OC(=O)CCl)[C@](C)(C(=O)O)C5CC[C@]43C)C2[C@H]1C. The second kappa shape index (κ2) is 8.82. The van der Waals surface area contributed by atoms with Gasteiger partial charge in [-0.15, -0.1) is 11.6 Å². The van der Waals surface area contributed by atoms with Crippen LogP contribution in [0.15, 0.2) is 11.6 Å². The van der Waals surface area contributed by atoms with Gasteiger partial charge in [0.15, 0.2) is 5.78 Å². The van der Waals surface area contributed by atoms with Crippen LogP contribution in [0.25, 0.3) is 0 Å². The highest BCUT2D eigenvalue weighted by atomic mass is 35.5. The summed E-state index contributed by atoms with van der Waals surface area (Å²) in [6, 6.07) is 0. The summed E-state index contributed by atoms with van der Waals surface area (Å²) in [7, 11) is 0. The van der Waals surface area contributed by atoms with E-state index in [1.165, 1.54) is 24.8 Å². The zero-order chi connectivity index (χ0) is 28.1. The zero-order valence-corrected chi connectivity index (χ0v) is 25.1. The number of alkyl halides is 1. The first-order valence-electron chi connectivity index (χ1n) is 14.8. The Hall–Kier alpha value is -1.36. The van der Waals surface area contributed by atoms with Crippen LogP contribution in [-0.2, 0) is 19.1 Å². The summed E-state index contributed by atoms with van der Waals surface area (Å²) in [6.07, 6.45) is 8.68. The maximum atomic E-state index is 14.4. The lowest BCUT2D eigenvalue weighted by atomic mass is 9.33. The number of hydrogen-bond acceptors (Lipinski definition) is 4. The molecule has 212 valence electrons. The average Bonchev–Trinajstić information content (AvgIpc) is 2.84. The van der Waals surface area contributed by atoms with E-state index in [0.717, 1.165) is 12.8 Å². The number of esters is 1. The topological polar surface area (TPSA) is 80.7 Å². The average molecular weight is 547 g/mol. The first-order valence-corrected chi connectivity index (χ1v) is 15.4. The number of ether oxygens (including phenoxy) is 1. The van der Waals surface area contributed by atoms with Gasteiger partial charge < -0.3 is 9.84 Å². The molecule has 38 heavy (non-hydrogen) atoms. The molecule has 0 heterocycles. The lowest BCUT2D eigenvalue weighted by Gasteiger charge is -2.70. The smallest absolute Gasteiger partial charge is 0.321 e. The van der Waals surface area contributed by atoms with E-state index in [0.29, 0.717) is 37.0 Å². The standard InChI is InChI=1S/C32H47ClO5/c1-18-8-11-28(3)14-15-30(5)20(25(28)19(18)2)16-21(34)26-29(4)12-10-23(38-24(35)17-33)32(7,27(36)37)22(29)9-13-31(26,30)6/h16,18-19,22-23,25-26H,8-15,17H2,1-7H3,(H,36,37)/t18-,19+,22?,23-,25?,26?,28-,29+,30-,31-,32-/m1/s1. The quantitative estimate of drug-likeness (QED) is 0.303. The fourth-order valence-electron chi connectivity index (χ4n) is 11.0. The van der Waals surface area contributed by atoms with Gasteiger partial charge in [0.25, 0.3) is 0 Å². The Balaban J connectivity index is 1.60. The number of rotatable bonds is 3. The zero-order valence-electron chi connectivity index (χ0n) is 24.4. The van der Waals surface area contributed by atoms with Gasteiger partial charge in [-0.3, -0.25) is 14.4 Å². The molecule has 0 aromatic carbocycles. The Morgan fingerprint density at radius 3 is 2.32 bits per heavy atom. The minimum atomic E-state index is -1.26. The Kier molecular flexibility index (Phi) is 6.54. The molecule has 6 heteroatoms. The van der Waals surface area contributed by atoms with Gasteiger partial charge in [0.2, 0.25) is 0 Å². The molecule has 5 aliphatic rings. The second-order valence-electron chi connectivity index (χ2n) is 15.0. The molecule has 0 aromatic heterocycles. The van der Waals surface area contributed by atoms with Gasteiger partial charge in [0.1, 0.15) is 17.4 Å². The van der Waals surface area contributed by atoms with Gasteiger partial charge in [0, 0.05) is 5.92 Å². The highest BCUT2D eigenvalue weighted by molar-refractivity contribution is 6.26. The molecule has 0 saturated heterocycles. The molecule has 4 fully saturated rings. The molecule has 1 N–H and O–H groups in total. The predicted octanol–water partition coefficient (Wildman–Crippen LogP) is 7.06. The summed E-state index contributed by atoms with van der Waals surface area (Å²) < 4.78 is 5.65. The molecule has 0 spiro atoms. The molecular formula is C32H47ClO5. The highest BCUT2D eigenvalue weighted by Gasteiger charge is 2.72. The Morgan fingerprint density at radius 2 is 1.68 bits per heavy atom. The molecule has 0 radical (unpaired) electrons. The molecule has 4 saturated carbocycles. The van der Waals surface area contributed by atoms with Crippen molar-refractivity contribution < 1.29 is 24.2 Å². The van der Waals surface area contributed by atoms with Crippen LogP contribution >= 0.6 is 11.6 Å². The van der Waals surface area contributed by atoms with Crippen molar-refractivity contribution in [1.29, 1.82) is 0 Å². The number of carboxylic acids is 1. The molecule has 5 aliphatic carbocycles. The molecule has 5 rings (SSSR count). The highest BCUT2D eigenvalue weighted by Crippen LogP contribution is 2.75. The lowest BCUT2D eigenvalue weighted by molar-refractivity contribution is -0.220. The number of fused-ring (bicyclic) bond motifs is 7. The Bertz CT molecular complexity index is 1080. The number of halogens is 1. The molecule has 5 nitrogen and oxygen atoms in total. The summed E-state index contributed by atoms with van der Waals surface area (Å²) in [5.41, 5.74) is -0.440. The minimum Gasteiger partial charge on any atom is -0.481 e. The van der Waals surface area contributed by atoms with Crippen LogP contribution in [0, 0.1) is 56.7 Å². The monoisotopic (exact) mass is 546 g/mol. The number of hydrogen-bond donors (Lipinski definition) is 1. The van der Waals surface area contributed by atoms with Crippen LogP contribution in [0.4, 0.5) is 0 Å². The van der Waals surface area contributed by atoms with Crippen molar-refractivity contribution >= 4 is 29.3 Å². The van der Waals surface area contributed by atoms with E-state index in [9.17, 15) is 19.5 Å². The van der Waals surface area contributed by atoms with E-state index >= 15 is 0 Å². The summed E-state index contributed by atoms with van der Waals surface area (Å²) in [5, 5.41) is 10.6.